The van der Waals surface area contributed by atoms with E-state index < -0.39 is 0 Å². The van der Waals surface area contributed by atoms with E-state index >= 15 is 0 Å². The molecule has 106 valence electrons. The van der Waals surface area contributed by atoms with Gasteiger partial charge in [-0.05, 0) is 42.6 Å². The van der Waals surface area contributed by atoms with Gasteiger partial charge in [-0.25, -0.2) is 0 Å². The Labute approximate surface area is 120 Å². The highest BCUT2D eigenvalue weighted by Crippen LogP contribution is 2.21. The fourth-order valence-electron chi connectivity index (χ4n) is 2.08. The van der Waals surface area contributed by atoms with E-state index in [-0.39, 0.29) is 6.04 Å². The van der Waals surface area contributed by atoms with Gasteiger partial charge in [0.25, 0.3) is 0 Å². The second kappa shape index (κ2) is 7.68. The molecule has 0 saturated carbocycles. The van der Waals surface area contributed by atoms with Crippen LogP contribution in [0.5, 0.6) is 5.75 Å². The highest BCUT2D eigenvalue weighted by Gasteiger charge is 2.06. The van der Waals surface area contributed by atoms with E-state index in [9.17, 15) is 0 Å². The van der Waals surface area contributed by atoms with E-state index in [0.29, 0.717) is 13.2 Å². The first kappa shape index (κ1) is 14.6. The topological polar surface area (TPSA) is 61.3 Å². The van der Waals surface area contributed by atoms with Crippen LogP contribution in [0.2, 0.25) is 0 Å². The number of nitrogens with two attached hydrogens (primary N) is 2. The summed E-state index contributed by atoms with van der Waals surface area (Å²) in [6.07, 6.45) is 1.84. The number of ether oxygens (including phenoxy) is 1. The quantitative estimate of drug-likeness (QED) is 0.813. The van der Waals surface area contributed by atoms with Crippen LogP contribution in [0, 0.1) is 0 Å². The zero-order valence-corrected chi connectivity index (χ0v) is 11.7. The number of hydrogen-bond donors (Lipinski definition) is 2. The van der Waals surface area contributed by atoms with Crippen molar-refractivity contribution in [3.05, 3.63) is 65.7 Å². The lowest BCUT2D eigenvalue weighted by Crippen LogP contribution is -2.12. The summed E-state index contributed by atoms with van der Waals surface area (Å²) in [5, 5.41) is 0. The molecule has 4 N–H and O–H groups in total. The van der Waals surface area contributed by atoms with Crippen molar-refractivity contribution < 1.29 is 4.74 Å². The van der Waals surface area contributed by atoms with Crippen LogP contribution in [0.25, 0.3) is 0 Å². The average molecular weight is 270 g/mol. The van der Waals surface area contributed by atoms with Crippen LogP contribution < -0.4 is 16.2 Å². The lowest BCUT2D eigenvalue weighted by Gasteiger charge is -2.13. The number of rotatable bonds is 7. The Balaban J connectivity index is 1.95. The minimum Gasteiger partial charge on any atom is -0.489 e. The highest BCUT2D eigenvalue weighted by atomic mass is 16.5. The molecule has 2 rings (SSSR count). The van der Waals surface area contributed by atoms with Gasteiger partial charge >= 0.3 is 0 Å². The highest BCUT2D eigenvalue weighted by molar-refractivity contribution is 5.30. The minimum atomic E-state index is 0.0267. The standard InChI is InChI=1S/C17H22N2O/c18-11-5-10-17(19)15-8-4-9-16(12-15)20-13-14-6-2-1-3-7-14/h1-4,6-9,12,17H,5,10-11,13,18-19H2/t17-/m0/s1. The van der Waals surface area contributed by atoms with E-state index in [4.69, 9.17) is 16.2 Å². The van der Waals surface area contributed by atoms with Gasteiger partial charge in [0.1, 0.15) is 12.4 Å². The monoisotopic (exact) mass is 270 g/mol. The summed E-state index contributed by atoms with van der Waals surface area (Å²) in [6, 6.07) is 18.2. The summed E-state index contributed by atoms with van der Waals surface area (Å²) in [7, 11) is 0. The predicted molar refractivity (Wildman–Crippen MR) is 82.4 cm³/mol. The second-order valence-electron chi connectivity index (χ2n) is 4.88. The SMILES string of the molecule is NCCC[C@H](N)c1cccc(OCc2ccccc2)c1. The summed E-state index contributed by atoms with van der Waals surface area (Å²) in [5.41, 5.74) is 13.9. The van der Waals surface area contributed by atoms with E-state index in [1.165, 1.54) is 0 Å². The molecular formula is C17H22N2O. The average Bonchev–Trinajstić information content (AvgIpc) is 2.52. The molecule has 0 fully saturated rings. The third-order valence-corrected chi connectivity index (χ3v) is 3.25. The molecule has 3 heteroatoms. The summed E-state index contributed by atoms with van der Waals surface area (Å²) in [4.78, 5) is 0. The van der Waals surface area contributed by atoms with E-state index in [1.54, 1.807) is 0 Å². The van der Waals surface area contributed by atoms with Crippen molar-refractivity contribution in [2.24, 2.45) is 11.5 Å². The van der Waals surface area contributed by atoms with Gasteiger partial charge in [-0.3, -0.25) is 0 Å². The Morgan fingerprint density at radius 2 is 1.80 bits per heavy atom. The molecule has 0 saturated heterocycles. The third-order valence-electron chi connectivity index (χ3n) is 3.25. The zero-order chi connectivity index (χ0) is 14.2. The molecule has 0 amide bonds. The van der Waals surface area contributed by atoms with Crippen LogP contribution >= 0.6 is 0 Å². The van der Waals surface area contributed by atoms with Gasteiger partial charge in [0, 0.05) is 6.04 Å². The van der Waals surface area contributed by atoms with Gasteiger partial charge in [-0.15, -0.1) is 0 Å². The molecule has 0 bridgehead atoms. The Bertz CT molecular complexity index is 513. The Kier molecular flexibility index (Phi) is 5.59. The van der Waals surface area contributed by atoms with Crippen molar-refractivity contribution in [1.29, 1.82) is 0 Å². The molecule has 3 nitrogen and oxygen atoms in total. The summed E-state index contributed by atoms with van der Waals surface area (Å²) >= 11 is 0. The van der Waals surface area contributed by atoms with Crippen molar-refractivity contribution in [2.75, 3.05) is 6.54 Å². The van der Waals surface area contributed by atoms with Crippen LogP contribution in [-0.2, 0) is 6.61 Å². The molecule has 0 unspecified atom stereocenters. The van der Waals surface area contributed by atoms with Crippen molar-refractivity contribution in [3.63, 3.8) is 0 Å². The molecule has 2 aromatic carbocycles. The fraction of sp³-hybridized carbons (Fsp3) is 0.294. The van der Waals surface area contributed by atoms with Crippen LogP contribution in [0.4, 0.5) is 0 Å². The van der Waals surface area contributed by atoms with Crippen LogP contribution in [-0.4, -0.2) is 6.54 Å². The van der Waals surface area contributed by atoms with Crippen molar-refractivity contribution in [2.45, 2.75) is 25.5 Å². The summed E-state index contributed by atoms with van der Waals surface area (Å²) < 4.78 is 5.81. The molecule has 0 aliphatic carbocycles. The van der Waals surface area contributed by atoms with Crippen molar-refractivity contribution >= 4 is 0 Å². The van der Waals surface area contributed by atoms with Gasteiger partial charge in [-0.2, -0.15) is 0 Å². The maximum atomic E-state index is 6.15. The maximum absolute atomic E-state index is 6.15. The zero-order valence-electron chi connectivity index (χ0n) is 11.7. The Morgan fingerprint density at radius 1 is 1.00 bits per heavy atom. The predicted octanol–water partition coefficient (Wildman–Crippen LogP) is 3.00. The molecule has 1 atom stereocenters. The Hall–Kier alpha value is -1.84. The smallest absolute Gasteiger partial charge is 0.120 e. The summed E-state index contributed by atoms with van der Waals surface area (Å²) in [6.45, 7) is 1.25. The first-order chi connectivity index (χ1) is 9.79. The van der Waals surface area contributed by atoms with Crippen LogP contribution in [0.3, 0.4) is 0 Å². The van der Waals surface area contributed by atoms with Gasteiger partial charge in [-0.1, -0.05) is 42.5 Å². The van der Waals surface area contributed by atoms with Crippen molar-refractivity contribution in [3.8, 4) is 5.75 Å². The van der Waals surface area contributed by atoms with E-state index in [1.807, 2.05) is 42.5 Å². The largest absolute Gasteiger partial charge is 0.489 e. The molecular weight excluding hydrogens is 248 g/mol. The molecule has 0 radical (unpaired) electrons. The molecule has 0 heterocycles. The molecule has 2 aromatic rings. The molecule has 0 aliphatic rings. The lowest BCUT2D eigenvalue weighted by atomic mass is 10.0. The van der Waals surface area contributed by atoms with Crippen LogP contribution in [0.1, 0.15) is 30.0 Å². The number of benzene rings is 2. The van der Waals surface area contributed by atoms with E-state index in [0.717, 1.165) is 29.7 Å². The normalized spacial score (nSPS) is 12.1. The summed E-state index contributed by atoms with van der Waals surface area (Å²) in [5.74, 6) is 0.856. The molecule has 0 aromatic heterocycles. The Morgan fingerprint density at radius 3 is 2.55 bits per heavy atom. The number of hydrogen-bond acceptors (Lipinski definition) is 3. The molecule has 0 aliphatic heterocycles. The molecule has 0 spiro atoms. The lowest BCUT2D eigenvalue weighted by molar-refractivity contribution is 0.305. The first-order valence-corrected chi connectivity index (χ1v) is 7.02. The van der Waals surface area contributed by atoms with Crippen molar-refractivity contribution in [1.82, 2.24) is 0 Å². The maximum Gasteiger partial charge on any atom is 0.120 e. The third kappa shape index (κ3) is 4.37. The minimum absolute atomic E-state index is 0.0267. The van der Waals surface area contributed by atoms with Gasteiger partial charge < -0.3 is 16.2 Å². The van der Waals surface area contributed by atoms with E-state index in [2.05, 4.69) is 12.1 Å². The van der Waals surface area contributed by atoms with Gasteiger partial charge in [0.05, 0.1) is 0 Å². The second-order valence-corrected chi connectivity index (χ2v) is 4.88. The first-order valence-electron chi connectivity index (χ1n) is 7.02. The van der Waals surface area contributed by atoms with Crippen LogP contribution in [0.15, 0.2) is 54.6 Å². The van der Waals surface area contributed by atoms with Gasteiger partial charge in [0.2, 0.25) is 0 Å². The van der Waals surface area contributed by atoms with Gasteiger partial charge in [0.15, 0.2) is 0 Å². The fourth-order valence-corrected chi connectivity index (χ4v) is 2.08. The molecule has 20 heavy (non-hydrogen) atoms.